The van der Waals surface area contributed by atoms with E-state index in [9.17, 15) is 4.79 Å². The molecular weight excluding hydrogens is 310 g/mol. The summed E-state index contributed by atoms with van der Waals surface area (Å²) in [6, 6.07) is 7.60. The number of nitrogens with one attached hydrogen (secondary N) is 2. The lowest BCUT2D eigenvalue weighted by Gasteiger charge is -2.17. The molecule has 0 bridgehead atoms. The Hall–Kier alpha value is -2.07. The first kappa shape index (κ1) is 17.3. The fourth-order valence-corrected chi connectivity index (χ4v) is 2.43. The molecule has 0 saturated heterocycles. The monoisotopic (exact) mass is 331 g/mol. The molecule has 0 fully saturated rings. The van der Waals surface area contributed by atoms with Crippen LogP contribution in [-0.4, -0.2) is 10.9 Å². The second-order valence-corrected chi connectivity index (χ2v) is 7.11. The van der Waals surface area contributed by atoms with Gasteiger partial charge < -0.3 is 10.6 Å². The second kappa shape index (κ2) is 6.59. The third-order valence-electron chi connectivity index (χ3n) is 3.39. The first-order valence-electron chi connectivity index (χ1n) is 7.48. The highest BCUT2D eigenvalue weighted by Gasteiger charge is 2.21. The van der Waals surface area contributed by atoms with Gasteiger partial charge in [-0.05, 0) is 43.2 Å². The van der Waals surface area contributed by atoms with E-state index in [4.69, 9.17) is 11.6 Å². The molecule has 2 rings (SSSR count). The maximum Gasteiger partial charge on any atom is 0.229 e. The smallest absolute Gasteiger partial charge is 0.229 e. The van der Waals surface area contributed by atoms with Crippen molar-refractivity contribution in [2.75, 3.05) is 10.6 Å². The molecule has 0 radical (unpaired) electrons. The fourth-order valence-electron chi connectivity index (χ4n) is 2.06. The van der Waals surface area contributed by atoms with Crippen molar-refractivity contribution in [2.45, 2.75) is 34.6 Å². The van der Waals surface area contributed by atoms with Crippen LogP contribution in [0.3, 0.4) is 0 Å². The van der Waals surface area contributed by atoms with Crippen molar-refractivity contribution in [3.63, 3.8) is 0 Å². The zero-order valence-corrected chi connectivity index (χ0v) is 14.9. The van der Waals surface area contributed by atoms with Gasteiger partial charge in [-0.3, -0.25) is 4.79 Å². The van der Waals surface area contributed by atoms with Crippen LogP contribution in [-0.2, 0) is 4.79 Å². The number of hydrogen-bond acceptors (Lipinski definition) is 3. The highest BCUT2D eigenvalue weighted by molar-refractivity contribution is 6.33. The molecule has 5 heteroatoms. The van der Waals surface area contributed by atoms with Crippen molar-refractivity contribution < 1.29 is 4.79 Å². The first-order chi connectivity index (χ1) is 10.7. The van der Waals surface area contributed by atoms with E-state index < -0.39 is 5.41 Å². The number of nitrogens with zero attached hydrogens (tertiary/aromatic N) is 1. The number of halogens is 1. The lowest BCUT2D eigenvalue weighted by atomic mass is 9.96. The molecule has 0 spiro atoms. The summed E-state index contributed by atoms with van der Waals surface area (Å²) >= 11 is 6.29. The molecule has 2 N–H and O–H groups in total. The number of carbonyl (C=O) groups excluding carboxylic acids is 1. The lowest BCUT2D eigenvalue weighted by molar-refractivity contribution is -0.123. The Labute approximate surface area is 142 Å². The Morgan fingerprint density at radius 3 is 2.39 bits per heavy atom. The average molecular weight is 332 g/mol. The highest BCUT2D eigenvalue weighted by Crippen LogP contribution is 2.30. The van der Waals surface area contributed by atoms with Gasteiger partial charge in [0.1, 0.15) is 5.82 Å². The minimum Gasteiger partial charge on any atom is -0.339 e. The molecular formula is C18H22ClN3O. The Bertz CT molecular complexity index is 695. The summed E-state index contributed by atoms with van der Waals surface area (Å²) in [5.41, 5.74) is 3.25. The molecule has 4 nitrogen and oxygen atoms in total. The Kier molecular flexibility index (Phi) is 4.95. The van der Waals surface area contributed by atoms with Gasteiger partial charge in [-0.1, -0.05) is 38.4 Å². The molecule has 1 heterocycles. The summed E-state index contributed by atoms with van der Waals surface area (Å²) in [6.07, 6.45) is 1.63. The van der Waals surface area contributed by atoms with E-state index in [-0.39, 0.29) is 5.91 Å². The molecule has 1 aromatic carbocycles. The fraction of sp³-hybridized carbons (Fsp3) is 0.333. The third kappa shape index (κ3) is 4.45. The molecule has 1 amide bonds. The summed E-state index contributed by atoms with van der Waals surface area (Å²) in [5, 5.41) is 6.73. The predicted octanol–water partition coefficient (Wildman–Crippen LogP) is 5.08. The van der Waals surface area contributed by atoms with Crippen LogP contribution in [0.4, 0.5) is 17.2 Å². The van der Waals surface area contributed by atoms with E-state index in [1.165, 1.54) is 0 Å². The summed E-state index contributed by atoms with van der Waals surface area (Å²) < 4.78 is 0. The van der Waals surface area contributed by atoms with E-state index in [0.29, 0.717) is 16.5 Å². The van der Waals surface area contributed by atoms with Crippen LogP contribution in [0.25, 0.3) is 0 Å². The molecule has 122 valence electrons. The maximum absolute atomic E-state index is 12.0. The number of benzene rings is 1. The van der Waals surface area contributed by atoms with Crippen LogP contribution in [0.1, 0.15) is 31.9 Å². The van der Waals surface area contributed by atoms with Gasteiger partial charge in [0.25, 0.3) is 0 Å². The number of hydrogen-bond donors (Lipinski definition) is 2. The van der Waals surface area contributed by atoms with Crippen molar-refractivity contribution >= 4 is 34.7 Å². The topological polar surface area (TPSA) is 54.0 Å². The van der Waals surface area contributed by atoms with Crippen LogP contribution in [0.5, 0.6) is 0 Å². The number of carbonyl (C=O) groups is 1. The minimum atomic E-state index is -0.441. The quantitative estimate of drug-likeness (QED) is 0.824. The molecule has 1 aromatic heterocycles. The average Bonchev–Trinajstić information content (AvgIpc) is 2.43. The molecule has 23 heavy (non-hydrogen) atoms. The van der Waals surface area contributed by atoms with Gasteiger partial charge >= 0.3 is 0 Å². The van der Waals surface area contributed by atoms with E-state index >= 15 is 0 Å². The van der Waals surface area contributed by atoms with Crippen molar-refractivity contribution in [1.29, 1.82) is 0 Å². The summed E-state index contributed by atoms with van der Waals surface area (Å²) in [4.78, 5) is 16.3. The molecule has 0 saturated carbocycles. The number of aromatic nitrogens is 1. The van der Waals surface area contributed by atoms with E-state index in [1.54, 1.807) is 6.20 Å². The van der Waals surface area contributed by atoms with Crippen LogP contribution in [0, 0.1) is 19.3 Å². The molecule has 0 aliphatic rings. The van der Waals surface area contributed by atoms with Crippen molar-refractivity contribution in [3.05, 3.63) is 46.6 Å². The second-order valence-electron chi connectivity index (χ2n) is 6.70. The number of pyridine rings is 1. The van der Waals surface area contributed by atoms with Gasteiger partial charge in [0.05, 0.1) is 22.6 Å². The van der Waals surface area contributed by atoms with Gasteiger partial charge in [-0.25, -0.2) is 4.98 Å². The van der Waals surface area contributed by atoms with Gasteiger partial charge in [0.2, 0.25) is 5.91 Å². The van der Waals surface area contributed by atoms with Gasteiger partial charge in [-0.2, -0.15) is 0 Å². The molecule has 0 atom stereocenters. The zero-order chi connectivity index (χ0) is 17.2. The van der Waals surface area contributed by atoms with Gasteiger partial charge in [-0.15, -0.1) is 0 Å². The van der Waals surface area contributed by atoms with Gasteiger partial charge in [0, 0.05) is 5.41 Å². The molecule has 2 aromatic rings. The van der Waals surface area contributed by atoms with Crippen molar-refractivity contribution in [2.24, 2.45) is 5.41 Å². The van der Waals surface area contributed by atoms with E-state index in [1.807, 2.05) is 52.8 Å². The predicted molar refractivity (Wildman–Crippen MR) is 96.5 cm³/mol. The van der Waals surface area contributed by atoms with Crippen molar-refractivity contribution in [3.8, 4) is 0 Å². The maximum atomic E-state index is 12.0. The summed E-state index contributed by atoms with van der Waals surface area (Å²) in [6.45, 7) is 9.61. The van der Waals surface area contributed by atoms with Crippen LogP contribution in [0.2, 0.25) is 5.02 Å². The largest absolute Gasteiger partial charge is 0.339 e. The van der Waals surface area contributed by atoms with Crippen LogP contribution >= 0.6 is 11.6 Å². The van der Waals surface area contributed by atoms with Crippen LogP contribution < -0.4 is 10.6 Å². The van der Waals surface area contributed by atoms with Gasteiger partial charge in [0.15, 0.2) is 0 Å². The Morgan fingerprint density at radius 2 is 1.87 bits per heavy atom. The third-order valence-corrected chi connectivity index (χ3v) is 3.69. The normalized spacial score (nSPS) is 11.2. The highest BCUT2D eigenvalue weighted by atomic mass is 35.5. The minimum absolute atomic E-state index is 0.0440. The number of anilines is 3. The van der Waals surface area contributed by atoms with Crippen molar-refractivity contribution in [1.82, 2.24) is 4.98 Å². The van der Waals surface area contributed by atoms with E-state index in [0.717, 1.165) is 16.8 Å². The number of rotatable bonds is 3. The SMILES string of the molecule is Cc1cc(C)c(Nc2ccc(NC(=O)C(C)(C)C)cn2)c(Cl)c1. The molecule has 0 unspecified atom stereocenters. The summed E-state index contributed by atoms with van der Waals surface area (Å²) in [7, 11) is 0. The first-order valence-corrected chi connectivity index (χ1v) is 7.86. The van der Waals surface area contributed by atoms with E-state index in [2.05, 4.69) is 21.7 Å². The zero-order valence-electron chi connectivity index (χ0n) is 14.1. The molecule has 0 aliphatic heterocycles. The lowest BCUT2D eigenvalue weighted by Crippen LogP contribution is -2.27. The molecule has 0 aliphatic carbocycles. The standard InChI is InChI=1S/C18H22ClN3O/c1-11-8-12(2)16(14(19)9-11)22-15-7-6-13(10-20-15)21-17(23)18(3,4)5/h6-10H,1-5H3,(H,20,22)(H,21,23). The Morgan fingerprint density at radius 1 is 1.17 bits per heavy atom. The Balaban J connectivity index is 2.14. The number of aryl methyl sites for hydroxylation is 2. The summed E-state index contributed by atoms with van der Waals surface area (Å²) in [5.74, 6) is 0.630. The number of amides is 1. The van der Waals surface area contributed by atoms with Crippen LogP contribution in [0.15, 0.2) is 30.5 Å².